The Hall–Kier alpha value is -2.89. The first-order chi connectivity index (χ1) is 10.0. The largest absolute Gasteiger partial charge is 0.497 e. The SMILES string of the molecule is COc1ccc(OC(=O)c2ccccc2C(=O)O)c(F)c1. The summed E-state index contributed by atoms with van der Waals surface area (Å²) in [6.07, 6.45) is 0. The normalized spacial score (nSPS) is 10.0. The lowest BCUT2D eigenvalue weighted by molar-refractivity contribution is 0.0666. The molecule has 0 aliphatic heterocycles. The monoisotopic (exact) mass is 290 g/mol. The van der Waals surface area contributed by atoms with Crippen molar-refractivity contribution < 1.29 is 28.6 Å². The van der Waals surface area contributed by atoms with E-state index in [1.165, 1.54) is 43.5 Å². The number of hydrogen-bond acceptors (Lipinski definition) is 4. The van der Waals surface area contributed by atoms with E-state index in [1.807, 2.05) is 0 Å². The maximum atomic E-state index is 13.7. The van der Waals surface area contributed by atoms with Gasteiger partial charge in [-0.25, -0.2) is 14.0 Å². The number of carbonyl (C=O) groups excluding carboxylic acids is 1. The van der Waals surface area contributed by atoms with Crippen molar-refractivity contribution in [2.45, 2.75) is 0 Å². The van der Waals surface area contributed by atoms with E-state index in [0.29, 0.717) is 0 Å². The summed E-state index contributed by atoms with van der Waals surface area (Å²) in [6.45, 7) is 0. The maximum absolute atomic E-state index is 13.7. The molecular weight excluding hydrogens is 279 g/mol. The van der Waals surface area contributed by atoms with Gasteiger partial charge in [0.15, 0.2) is 11.6 Å². The Morgan fingerprint density at radius 3 is 2.33 bits per heavy atom. The Morgan fingerprint density at radius 1 is 1.10 bits per heavy atom. The van der Waals surface area contributed by atoms with Crippen LogP contribution >= 0.6 is 0 Å². The Labute approximate surface area is 119 Å². The average molecular weight is 290 g/mol. The van der Waals surface area contributed by atoms with E-state index in [1.54, 1.807) is 0 Å². The van der Waals surface area contributed by atoms with Crippen molar-refractivity contribution in [1.29, 1.82) is 0 Å². The van der Waals surface area contributed by atoms with Gasteiger partial charge in [0.2, 0.25) is 0 Å². The van der Waals surface area contributed by atoms with Gasteiger partial charge in [-0.2, -0.15) is 0 Å². The van der Waals surface area contributed by atoms with Gasteiger partial charge in [-0.1, -0.05) is 12.1 Å². The minimum absolute atomic E-state index is 0.153. The van der Waals surface area contributed by atoms with Crippen molar-refractivity contribution >= 4 is 11.9 Å². The minimum atomic E-state index is -1.27. The summed E-state index contributed by atoms with van der Waals surface area (Å²) < 4.78 is 23.4. The lowest BCUT2D eigenvalue weighted by Crippen LogP contribution is -2.14. The molecule has 0 radical (unpaired) electrons. The van der Waals surface area contributed by atoms with Crippen LogP contribution in [0.15, 0.2) is 42.5 Å². The lowest BCUT2D eigenvalue weighted by Gasteiger charge is -2.08. The molecule has 0 bridgehead atoms. The van der Waals surface area contributed by atoms with Crippen molar-refractivity contribution in [2.24, 2.45) is 0 Å². The summed E-state index contributed by atoms with van der Waals surface area (Å²) in [4.78, 5) is 23.0. The predicted molar refractivity (Wildman–Crippen MR) is 71.3 cm³/mol. The fraction of sp³-hybridized carbons (Fsp3) is 0.0667. The van der Waals surface area contributed by atoms with Gasteiger partial charge in [-0.3, -0.25) is 0 Å². The Bertz CT molecular complexity index is 696. The van der Waals surface area contributed by atoms with E-state index in [9.17, 15) is 14.0 Å². The number of ether oxygens (including phenoxy) is 2. The molecule has 2 aromatic carbocycles. The molecule has 0 spiro atoms. The van der Waals surface area contributed by atoms with Crippen LogP contribution in [0.5, 0.6) is 11.5 Å². The van der Waals surface area contributed by atoms with E-state index >= 15 is 0 Å². The van der Waals surface area contributed by atoms with Crippen LogP contribution in [0, 0.1) is 5.82 Å². The minimum Gasteiger partial charge on any atom is -0.497 e. The highest BCUT2D eigenvalue weighted by molar-refractivity contribution is 6.03. The second kappa shape index (κ2) is 6.04. The van der Waals surface area contributed by atoms with E-state index in [-0.39, 0.29) is 22.6 Å². The zero-order valence-corrected chi connectivity index (χ0v) is 11.0. The smallest absolute Gasteiger partial charge is 0.344 e. The van der Waals surface area contributed by atoms with Gasteiger partial charge < -0.3 is 14.6 Å². The van der Waals surface area contributed by atoms with Crippen molar-refractivity contribution in [3.63, 3.8) is 0 Å². The molecule has 0 amide bonds. The number of carboxylic acid groups (broad SMARTS) is 1. The van der Waals surface area contributed by atoms with Gasteiger partial charge in [-0.05, 0) is 24.3 Å². The molecule has 1 N–H and O–H groups in total. The topological polar surface area (TPSA) is 72.8 Å². The molecule has 108 valence electrons. The van der Waals surface area contributed by atoms with Crippen LogP contribution in [-0.4, -0.2) is 24.2 Å². The highest BCUT2D eigenvalue weighted by Gasteiger charge is 2.19. The maximum Gasteiger partial charge on any atom is 0.344 e. The molecule has 0 unspecified atom stereocenters. The van der Waals surface area contributed by atoms with E-state index in [0.717, 1.165) is 6.07 Å². The summed E-state index contributed by atoms with van der Waals surface area (Å²) in [5.74, 6) is -3.02. The summed E-state index contributed by atoms with van der Waals surface area (Å²) in [6, 6.07) is 9.26. The highest BCUT2D eigenvalue weighted by Crippen LogP contribution is 2.23. The number of benzene rings is 2. The van der Waals surface area contributed by atoms with Gasteiger partial charge in [0, 0.05) is 6.07 Å². The molecule has 0 aliphatic carbocycles. The molecule has 0 aromatic heterocycles. The lowest BCUT2D eigenvalue weighted by atomic mass is 10.1. The summed E-state index contributed by atoms with van der Waals surface area (Å²) in [5, 5.41) is 9.01. The van der Waals surface area contributed by atoms with Crippen LogP contribution in [0.4, 0.5) is 4.39 Å². The van der Waals surface area contributed by atoms with Crippen molar-refractivity contribution in [3.05, 3.63) is 59.4 Å². The number of rotatable bonds is 4. The van der Waals surface area contributed by atoms with Crippen molar-refractivity contribution in [2.75, 3.05) is 7.11 Å². The van der Waals surface area contributed by atoms with Crippen molar-refractivity contribution in [1.82, 2.24) is 0 Å². The average Bonchev–Trinajstić information content (AvgIpc) is 2.49. The fourth-order valence-corrected chi connectivity index (χ4v) is 1.69. The molecule has 2 aromatic rings. The molecule has 0 fully saturated rings. The van der Waals surface area contributed by atoms with Crippen LogP contribution in [0.1, 0.15) is 20.7 Å². The molecule has 6 heteroatoms. The standard InChI is InChI=1S/C15H11FO5/c1-20-9-6-7-13(12(16)8-9)21-15(19)11-5-3-2-4-10(11)14(17)18/h2-8H,1H3,(H,17,18). The molecule has 5 nitrogen and oxygen atoms in total. The molecule has 0 heterocycles. The first-order valence-corrected chi connectivity index (χ1v) is 5.91. The molecule has 2 rings (SSSR count). The molecule has 0 aliphatic rings. The first kappa shape index (κ1) is 14.5. The summed E-state index contributed by atoms with van der Waals surface area (Å²) in [7, 11) is 1.38. The van der Waals surface area contributed by atoms with Crippen LogP contribution in [0.3, 0.4) is 0 Å². The molecule has 21 heavy (non-hydrogen) atoms. The van der Waals surface area contributed by atoms with Gasteiger partial charge in [0.1, 0.15) is 5.75 Å². The number of carboxylic acids is 1. The highest BCUT2D eigenvalue weighted by atomic mass is 19.1. The third-order valence-corrected chi connectivity index (χ3v) is 2.72. The number of esters is 1. The van der Waals surface area contributed by atoms with E-state index in [2.05, 4.69) is 0 Å². The van der Waals surface area contributed by atoms with Gasteiger partial charge in [0.25, 0.3) is 0 Å². The molecule has 0 atom stereocenters. The molecule has 0 saturated heterocycles. The quantitative estimate of drug-likeness (QED) is 0.692. The van der Waals surface area contributed by atoms with Crippen molar-refractivity contribution in [3.8, 4) is 11.5 Å². The Kier molecular flexibility index (Phi) is 4.18. The Morgan fingerprint density at radius 2 is 1.76 bits per heavy atom. The number of methoxy groups -OCH3 is 1. The van der Waals surface area contributed by atoms with Crippen LogP contribution in [-0.2, 0) is 0 Å². The van der Waals surface area contributed by atoms with Crippen LogP contribution in [0.2, 0.25) is 0 Å². The Balaban J connectivity index is 2.28. The summed E-state index contributed by atoms with van der Waals surface area (Å²) in [5.41, 5.74) is -0.364. The molecule has 0 saturated carbocycles. The zero-order valence-electron chi connectivity index (χ0n) is 11.0. The zero-order chi connectivity index (χ0) is 15.4. The third-order valence-electron chi connectivity index (χ3n) is 2.72. The number of hydrogen-bond donors (Lipinski definition) is 1. The number of aromatic carboxylic acids is 1. The second-order valence-corrected chi connectivity index (χ2v) is 4.04. The first-order valence-electron chi connectivity index (χ1n) is 5.91. The number of carbonyl (C=O) groups is 2. The second-order valence-electron chi connectivity index (χ2n) is 4.04. The predicted octanol–water partition coefficient (Wildman–Crippen LogP) is 2.75. The summed E-state index contributed by atoms with van der Waals surface area (Å²) >= 11 is 0. The van der Waals surface area contributed by atoms with Gasteiger partial charge in [0.05, 0.1) is 18.2 Å². The van der Waals surface area contributed by atoms with Crippen LogP contribution < -0.4 is 9.47 Å². The molecular formula is C15H11FO5. The van der Waals surface area contributed by atoms with E-state index in [4.69, 9.17) is 14.6 Å². The van der Waals surface area contributed by atoms with Gasteiger partial charge in [-0.15, -0.1) is 0 Å². The van der Waals surface area contributed by atoms with Gasteiger partial charge >= 0.3 is 11.9 Å². The van der Waals surface area contributed by atoms with E-state index < -0.39 is 17.8 Å². The third kappa shape index (κ3) is 3.17. The fourth-order valence-electron chi connectivity index (χ4n) is 1.69. The van der Waals surface area contributed by atoms with Crippen LogP contribution in [0.25, 0.3) is 0 Å². The number of halogens is 1.